The van der Waals surface area contributed by atoms with Gasteiger partial charge in [-0.3, -0.25) is 0 Å². The highest BCUT2D eigenvalue weighted by molar-refractivity contribution is 5.89. The van der Waals surface area contributed by atoms with E-state index in [-0.39, 0.29) is 0 Å². The lowest BCUT2D eigenvalue weighted by atomic mass is 10.2. The molecular formula is C18H16N6. The van der Waals surface area contributed by atoms with Crippen molar-refractivity contribution in [1.82, 2.24) is 19.7 Å². The molecule has 0 amide bonds. The van der Waals surface area contributed by atoms with Crippen LogP contribution in [-0.2, 0) is 6.54 Å². The third kappa shape index (κ3) is 2.65. The Balaban J connectivity index is 1.70. The number of aromatic nitrogens is 4. The van der Waals surface area contributed by atoms with E-state index >= 15 is 0 Å². The number of nitrogen functional groups attached to an aromatic ring is 1. The van der Waals surface area contributed by atoms with Crippen LogP contribution in [0.15, 0.2) is 67.1 Å². The Bertz CT molecular complexity index is 977. The average molecular weight is 316 g/mol. The molecule has 0 aliphatic rings. The van der Waals surface area contributed by atoms with Gasteiger partial charge in [0.2, 0.25) is 0 Å². The minimum atomic E-state index is 0.661. The van der Waals surface area contributed by atoms with Crippen molar-refractivity contribution in [2.45, 2.75) is 6.54 Å². The first-order chi connectivity index (χ1) is 11.8. The van der Waals surface area contributed by atoms with Crippen LogP contribution < -0.4 is 11.1 Å². The molecule has 0 aliphatic heterocycles. The molecule has 6 heteroatoms. The van der Waals surface area contributed by atoms with E-state index in [1.807, 2.05) is 47.1 Å². The van der Waals surface area contributed by atoms with Crippen LogP contribution in [-0.4, -0.2) is 19.7 Å². The Kier molecular flexibility index (Phi) is 3.55. The molecule has 118 valence electrons. The predicted molar refractivity (Wildman–Crippen MR) is 95.0 cm³/mol. The summed E-state index contributed by atoms with van der Waals surface area (Å²) >= 11 is 0. The van der Waals surface area contributed by atoms with Crippen molar-refractivity contribution in [3.63, 3.8) is 0 Å². The molecule has 0 spiro atoms. The van der Waals surface area contributed by atoms with Crippen LogP contribution in [0.5, 0.6) is 0 Å². The summed E-state index contributed by atoms with van der Waals surface area (Å²) in [5.74, 6) is 0.692. The summed E-state index contributed by atoms with van der Waals surface area (Å²) in [7, 11) is 0. The quantitative estimate of drug-likeness (QED) is 0.565. The fourth-order valence-corrected chi connectivity index (χ4v) is 2.60. The molecule has 0 atom stereocenters. The van der Waals surface area contributed by atoms with Gasteiger partial charge in [0.1, 0.15) is 12.1 Å². The van der Waals surface area contributed by atoms with Crippen molar-refractivity contribution in [2.24, 2.45) is 0 Å². The minimum Gasteiger partial charge on any atom is -0.397 e. The van der Waals surface area contributed by atoms with Crippen molar-refractivity contribution in [1.29, 1.82) is 0 Å². The van der Waals surface area contributed by atoms with Gasteiger partial charge in [0.15, 0.2) is 5.65 Å². The molecule has 2 aromatic carbocycles. The average Bonchev–Trinajstić information content (AvgIpc) is 3.02. The van der Waals surface area contributed by atoms with Gasteiger partial charge in [-0.2, -0.15) is 5.10 Å². The largest absolute Gasteiger partial charge is 0.397 e. The topological polar surface area (TPSA) is 81.7 Å². The molecule has 6 nitrogen and oxygen atoms in total. The maximum atomic E-state index is 5.99. The molecule has 0 saturated heterocycles. The normalized spacial score (nSPS) is 10.8. The predicted octanol–water partition coefficient (Wildman–Crippen LogP) is 3.20. The Labute approximate surface area is 139 Å². The molecular weight excluding hydrogens is 300 g/mol. The van der Waals surface area contributed by atoms with Crippen LogP contribution in [0.4, 0.5) is 17.2 Å². The Morgan fingerprint density at radius 3 is 2.58 bits per heavy atom. The summed E-state index contributed by atoms with van der Waals surface area (Å²) in [5.41, 5.74) is 9.43. The molecule has 2 aromatic heterocycles. The number of anilines is 3. The summed E-state index contributed by atoms with van der Waals surface area (Å²) in [6.07, 6.45) is 3.31. The minimum absolute atomic E-state index is 0.661. The molecule has 0 saturated carbocycles. The van der Waals surface area contributed by atoms with E-state index in [2.05, 4.69) is 32.5 Å². The van der Waals surface area contributed by atoms with Crippen LogP contribution in [0.3, 0.4) is 0 Å². The SMILES string of the molecule is Nc1ccccc1Nc1ncnc2c1cnn2Cc1ccccc1. The second-order valence-corrected chi connectivity index (χ2v) is 5.46. The van der Waals surface area contributed by atoms with Gasteiger partial charge in [0, 0.05) is 0 Å². The third-order valence-corrected chi connectivity index (χ3v) is 3.82. The second-order valence-electron chi connectivity index (χ2n) is 5.46. The zero-order valence-corrected chi connectivity index (χ0v) is 12.9. The third-order valence-electron chi connectivity index (χ3n) is 3.82. The van der Waals surface area contributed by atoms with Gasteiger partial charge >= 0.3 is 0 Å². The molecule has 0 radical (unpaired) electrons. The van der Waals surface area contributed by atoms with E-state index in [0.29, 0.717) is 18.1 Å². The number of hydrogen-bond acceptors (Lipinski definition) is 5. The molecule has 0 fully saturated rings. The lowest BCUT2D eigenvalue weighted by molar-refractivity contribution is 0.704. The standard InChI is InChI=1S/C18H16N6/c19-15-8-4-5-9-16(15)23-17-14-10-22-24(18(14)21-12-20-17)11-13-6-2-1-3-7-13/h1-10,12H,11,19H2,(H,20,21,23). The summed E-state index contributed by atoms with van der Waals surface area (Å²) in [5, 5.41) is 8.58. The van der Waals surface area contributed by atoms with Crippen molar-refractivity contribution in [3.05, 3.63) is 72.7 Å². The van der Waals surface area contributed by atoms with Crippen LogP contribution >= 0.6 is 0 Å². The first kappa shape index (κ1) is 14.2. The number of benzene rings is 2. The highest BCUT2D eigenvalue weighted by atomic mass is 15.3. The smallest absolute Gasteiger partial charge is 0.163 e. The molecule has 24 heavy (non-hydrogen) atoms. The summed E-state index contributed by atoms with van der Waals surface area (Å²) in [6.45, 7) is 0.661. The lowest BCUT2D eigenvalue weighted by Gasteiger charge is -2.09. The Morgan fingerprint density at radius 2 is 1.75 bits per heavy atom. The zero-order valence-electron chi connectivity index (χ0n) is 12.9. The summed E-state index contributed by atoms with van der Waals surface area (Å²) in [6, 6.07) is 17.7. The number of nitrogens with zero attached hydrogens (tertiary/aromatic N) is 4. The van der Waals surface area contributed by atoms with Crippen molar-refractivity contribution < 1.29 is 0 Å². The number of nitrogens with one attached hydrogen (secondary N) is 1. The maximum absolute atomic E-state index is 5.99. The van der Waals surface area contributed by atoms with E-state index in [1.165, 1.54) is 11.9 Å². The lowest BCUT2D eigenvalue weighted by Crippen LogP contribution is -2.03. The van der Waals surface area contributed by atoms with Crippen LogP contribution in [0.25, 0.3) is 11.0 Å². The summed E-state index contributed by atoms with van der Waals surface area (Å²) in [4.78, 5) is 8.71. The first-order valence-electron chi connectivity index (χ1n) is 7.63. The molecule has 2 heterocycles. The maximum Gasteiger partial charge on any atom is 0.163 e. The van der Waals surface area contributed by atoms with E-state index in [9.17, 15) is 0 Å². The van der Waals surface area contributed by atoms with Crippen LogP contribution in [0.2, 0.25) is 0 Å². The van der Waals surface area contributed by atoms with Gasteiger partial charge in [-0.25, -0.2) is 14.6 Å². The van der Waals surface area contributed by atoms with E-state index < -0.39 is 0 Å². The van der Waals surface area contributed by atoms with Gasteiger partial charge < -0.3 is 11.1 Å². The Morgan fingerprint density at radius 1 is 0.958 bits per heavy atom. The number of hydrogen-bond donors (Lipinski definition) is 2. The fourth-order valence-electron chi connectivity index (χ4n) is 2.60. The van der Waals surface area contributed by atoms with Crippen molar-refractivity contribution in [3.8, 4) is 0 Å². The van der Waals surface area contributed by atoms with E-state index in [4.69, 9.17) is 5.73 Å². The van der Waals surface area contributed by atoms with Gasteiger partial charge in [-0.15, -0.1) is 0 Å². The second kappa shape index (κ2) is 6.00. The van der Waals surface area contributed by atoms with Crippen molar-refractivity contribution >= 4 is 28.2 Å². The van der Waals surface area contributed by atoms with E-state index in [0.717, 1.165) is 16.7 Å². The van der Waals surface area contributed by atoms with Gasteiger partial charge in [0.25, 0.3) is 0 Å². The first-order valence-corrected chi connectivity index (χ1v) is 7.63. The molecule has 0 unspecified atom stereocenters. The zero-order chi connectivity index (χ0) is 16.4. The number of nitrogens with two attached hydrogens (primary N) is 1. The molecule has 3 N–H and O–H groups in total. The molecule has 4 rings (SSSR count). The monoisotopic (exact) mass is 316 g/mol. The molecule has 4 aromatic rings. The van der Waals surface area contributed by atoms with Crippen LogP contribution in [0, 0.1) is 0 Å². The number of fused-ring (bicyclic) bond motifs is 1. The highest BCUT2D eigenvalue weighted by Gasteiger charge is 2.11. The molecule has 0 bridgehead atoms. The van der Waals surface area contributed by atoms with Gasteiger partial charge in [-0.1, -0.05) is 42.5 Å². The highest BCUT2D eigenvalue weighted by Crippen LogP contribution is 2.26. The van der Waals surface area contributed by atoms with Crippen LogP contribution in [0.1, 0.15) is 5.56 Å². The van der Waals surface area contributed by atoms with Crippen molar-refractivity contribution in [2.75, 3.05) is 11.1 Å². The van der Waals surface area contributed by atoms with E-state index in [1.54, 1.807) is 6.20 Å². The molecule has 0 aliphatic carbocycles. The van der Waals surface area contributed by atoms with Gasteiger partial charge in [-0.05, 0) is 17.7 Å². The number of rotatable bonds is 4. The summed E-state index contributed by atoms with van der Waals surface area (Å²) < 4.78 is 1.87. The Hall–Kier alpha value is -3.41. The van der Waals surface area contributed by atoms with Gasteiger partial charge in [0.05, 0.1) is 29.5 Å². The number of para-hydroxylation sites is 2. The fraction of sp³-hybridized carbons (Fsp3) is 0.0556.